The van der Waals surface area contributed by atoms with E-state index in [4.69, 9.17) is 11.6 Å². The third-order valence-corrected chi connectivity index (χ3v) is 3.25. The van der Waals surface area contributed by atoms with E-state index in [1.165, 1.54) is 0 Å². The molecule has 0 amide bonds. The second-order valence-electron chi connectivity index (χ2n) is 4.48. The number of nitrogens with one attached hydrogen (secondary N) is 1. The molecule has 0 saturated heterocycles. The van der Waals surface area contributed by atoms with Gasteiger partial charge in [-0.05, 0) is 38.5 Å². The van der Waals surface area contributed by atoms with Crippen molar-refractivity contribution in [1.29, 1.82) is 0 Å². The quantitative estimate of drug-likeness (QED) is 0.920. The average molecular weight is 265 g/mol. The highest BCUT2D eigenvalue weighted by Gasteiger charge is 2.08. The average Bonchev–Trinajstić information content (AvgIpc) is 2.79. The molecule has 0 aliphatic carbocycles. The highest BCUT2D eigenvalue weighted by atomic mass is 35.5. The molecule has 1 aromatic heterocycles. The Labute approximate surface area is 112 Å². The molecule has 4 nitrogen and oxygen atoms in total. The van der Waals surface area contributed by atoms with Crippen molar-refractivity contribution in [2.24, 2.45) is 0 Å². The monoisotopic (exact) mass is 264 g/mol. The maximum atomic E-state index is 6.08. The van der Waals surface area contributed by atoms with E-state index in [2.05, 4.69) is 29.2 Å². The number of rotatable bonds is 4. The van der Waals surface area contributed by atoms with E-state index in [1.807, 2.05) is 29.8 Å². The van der Waals surface area contributed by atoms with Crippen molar-refractivity contribution in [2.75, 3.05) is 5.32 Å². The highest BCUT2D eigenvalue weighted by molar-refractivity contribution is 6.31. The van der Waals surface area contributed by atoms with Gasteiger partial charge in [0.1, 0.15) is 12.2 Å². The molecule has 18 heavy (non-hydrogen) atoms. The predicted octanol–water partition coefficient (Wildman–Crippen LogP) is 3.43. The Kier molecular flexibility index (Phi) is 3.87. The molecule has 0 saturated carbocycles. The lowest BCUT2D eigenvalue weighted by Gasteiger charge is -2.12. The van der Waals surface area contributed by atoms with Crippen LogP contribution in [0.2, 0.25) is 5.02 Å². The van der Waals surface area contributed by atoms with Gasteiger partial charge in [0, 0.05) is 16.8 Å². The molecule has 2 aromatic rings. The second kappa shape index (κ2) is 5.40. The third-order valence-electron chi connectivity index (χ3n) is 2.84. The first kappa shape index (κ1) is 12.9. The van der Waals surface area contributed by atoms with Crippen LogP contribution in [-0.4, -0.2) is 14.8 Å². The van der Waals surface area contributed by atoms with E-state index in [0.717, 1.165) is 22.1 Å². The minimum Gasteiger partial charge on any atom is -0.377 e. The molecule has 96 valence electrons. The molecule has 5 heteroatoms. The van der Waals surface area contributed by atoms with Crippen LogP contribution in [0, 0.1) is 6.92 Å². The van der Waals surface area contributed by atoms with E-state index in [1.54, 1.807) is 6.33 Å². The molecule has 0 spiro atoms. The van der Waals surface area contributed by atoms with Crippen LogP contribution in [0.5, 0.6) is 0 Å². The Hall–Kier alpha value is -1.55. The van der Waals surface area contributed by atoms with Crippen molar-refractivity contribution in [1.82, 2.24) is 14.8 Å². The van der Waals surface area contributed by atoms with Crippen LogP contribution in [-0.2, 0) is 6.54 Å². The standard InChI is InChI=1S/C13H17ClN4/c1-9(2)18-13(16-8-17-18)7-15-12-6-4-5-11(14)10(12)3/h4-6,8-9,15H,7H2,1-3H3. The Morgan fingerprint density at radius 2 is 2.17 bits per heavy atom. The molecular formula is C13H17ClN4. The molecule has 1 N–H and O–H groups in total. The fourth-order valence-electron chi connectivity index (χ4n) is 1.81. The minimum atomic E-state index is 0.310. The molecule has 2 rings (SSSR count). The molecule has 1 aromatic carbocycles. The summed E-state index contributed by atoms with van der Waals surface area (Å²) in [6.07, 6.45) is 1.59. The van der Waals surface area contributed by atoms with Crippen LogP contribution >= 0.6 is 11.6 Å². The Balaban J connectivity index is 2.12. The van der Waals surface area contributed by atoms with Crippen LogP contribution in [0.3, 0.4) is 0 Å². The molecule has 1 heterocycles. The van der Waals surface area contributed by atoms with Gasteiger partial charge in [-0.3, -0.25) is 0 Å². The summed E-state index contributed by atoms with van der Waals surface area (Å²) in [6, 6.07) is 6.14. The largest absolute Gasteiger partial charge is 0.377 e. The van der Waals surface area contributed by atoms with Gasteiger partial charge in [0.05, 0.1) is 6.54 Å². The number of anilines is 1. The van der Waals surface area contributed by atoms with Crippen molar-refractivity contribution >= 4 is 17.3 Å². The van der Waals surface area contributed by atoms with Crippen LogP contribution < -0.4 is 5.32 Å². The summed E-state index contributed by atoms with van der Waals surface area (Å²) >= 11 is 6.08. The van der Waals surface area contributed by atoms with Crippen molar-refractivity contribution in [3.63, 3.8) is 0 Å². The van der Waals surface area contributed by atoms with Gasteiger partial charge in [0.15, 0.2) is 0 Å². The lowest BCUT2D eigenvalue weighted by molar-refractivity contribution is 0.509. The molecule has 0 radical (unpaired) electrons. The Morgan fingerprint density at radius 1 is 1.39 bits per heavy atom. The van der Waals surface area contributed by atoms with Gasteiger partial charge < -0.3 is 5.32 Å². The van der Waals surface area contributed by atoms with Gasteiger partial charge in [0.2, 0.25) is 0 Å². The van der Waals surface area contributed by atoms with Crippen molar-refractivity contribution in [3.05, 3.63) is 40.9 Å². The van der Waals surface area contributed by atoms with Crippen LogP contribution in [0.25, 0.3) is 0 Å². The van der Waals surface area contributed by atoms with E-state index < -0.39 is 0 Å². The van der Waals surface area contributed by atoms with Gasteiger partial charge in [0.25, 0.3) is 0 Å². The molecular weight excluding hydrogens is 248 g/mol. The molecule has 0 atom stereocenters. The van der Waals surface area contributed by atoms with Gasteiger partial charge in [-0.15, -0.1) is 0 Å². The van der Waals surface area contributed by atoms with Crippen molar-refractivity contribution in [2.45, 2.75) is 33.4 Å². The first-order valence-corrected chi connectivity index (χ1v) is 6.34. The fourth-order valence-corrected chi connectivity index (χ4v) is 1.98. The maximum absolute atomic E-state index is 6.08. The number of aromatic nitrogens is 3. The summed E-state index contributed by atoms with van der Waals surface area (Å²) in [5, 5.41) is 8.32. The van der Waals surface area contributed by atoms with Gasteiger partial charge in [-0.1, -0.05) is 17.7 Å². The summed E-state index contributed by atoms with van der Waals surface area (Å²) in [5.41, 5.74) is 2.08. The van der Waals surface area contributed by atoms with Gasteiger partial charge >= 0.3 is 0 Å². The smallest absolute Gasteiger partial charge is 0.146 e. The normalized spacial score (nSPS) is 10.9. The van der Waals surface area contributed by atoms with E-state index in [0.29, 0.717) is 12.6 Å². The lowest BCUT2D eigenvalue weighted by atomic mass is 10.2. The molecule has 0 aliphatic rings. The van der Waals surface area contributed by atoms with Crippen molar-refractivity contribution in [3.8, 4) is 0 Å². The molecule has 0 unspecified atom stereocenters. The summed E-state index contributed by atoms with van der Waals surface area (Å²) in [7, 11) is 0. The maximum Gasteiger partial charge on any atom is 0.146 e. The first-order valence-electron chi connectivity index (χ1n) is 5.97. The van der Waals surface area contributed by atoms with Gasteiger partial charge in [-0.25, -0.2) is 9.67 Å². The molecule has 0 fully saturated rings. The zero-order valence-electron chi connectivity index (χ0n) is 10.8. The van der Waals surface area contributed by atoms with E-state index >= 15 is 0 Å². The molecule has 0 aliphatic heterocycles. The summed E-state index contributed by atoms with van der Waals surface area (Å²) < 4.78 is 1.91. The summed E-state index contributed by atoms with van der Waals surface area (Å²) in [6.45, 7) is 6.81. The van der Waals surface area contributed by atoms with Gasteiger partial charge in [-0.2, -0.15) is 5.10 Å². The number of nitrogens with zero attached hydrogens (tertiary/aromatic N) is 3. The summed E-state index contributed by atoms with van der Waals surface area (Å²) in [4.78, 5) is 4.26. The minimum absolute atomic E-state index is 0.310. The zero-order valence-corrected chi connectivity index (χ0v) is 11.6. The van der Waals surface area contributed by atoms with Crippen LogP contribution in [0.15, 0.2) is 24.5 Å². The van der Waals surface area contributed by atoms with Crippen LogP contribution in [0.1, 0.15) is 31.3 Å². The SMILES string of the molecule is Cc1c(Cl)cccc1NCc1ncnn1C(C)C. The van der Waals surface area contributed by atoms with Crippen molar-refractivity contribution < 1.29 is 0 Å². The summed E-state index contributed by atoms with van der Waals surface area (Å²) in [5.74, 6) is 0.921. The van der Waals surface area contributed by atoms with E-state index in [9.17, 15) is 0 Å². The fraction of sp³-hybridized carbons (Fsp3) is 0.385. The zero-order chi connectivity index (χ0) is 13.1. The van der Waals surface area contributed by atoms with E-state index in [-0.39, 0.29) is 0 Å². The second-order valence-corrected chi connectivity index (χ2v) is 4.89. The predicted molar refractivity (Wildman–Crippen MR) is 73.9 cm³/mol. The number of halogens is 1. The topological polar surface area (TPSA) is 42.7 Å². The number of hydrogen-bond donors (Lipinski definition) is 1. The Bertz CT molecular complexity index is 534. The molecule has 0 bridgehead atoms. The third kappa shape index (κ3) is 2.64. The first-order chi connectivity index (χ1) is 8.59. The van der Waals surface area contributed by atoms with Crippen LogP contribution in [0.4, 0.5) is 5.69 Å². The Morgan fingerprint density at radius 3 is 2.89 bits per heavy atom. The highest BCUT2D eigenvalue weighted by Crippen LogP contribution is 2.23. The number of benzene rings is 1. The number of hydrogen-bond acceptors (Lipinski definition) is 3. The lowest BCUT2D eigenvalue weighted by Crippen LogP contribution is -2.12.